The summed E-state index contributed by atoms with van der Waals surface area (Å²) in [6.45, 7) is 5.93. The van der Waals surface area contributed by atoms with Crippen molar-refractivity contribution in [2.45, 2.75) is 20.8 Å². The molecule has 0 unspecified atom stereocenters. The molecule has 1 heterocycles. The topological polar surface area (TPSA) is 35.5 Å². The van der Waals surface area contributed by atoms with Crippen molar-refractivity contribution in [3.8, 4) is 11.5 Å². The third-order valence-electron chi connectivity index (χ3n) is 2.89. The molecule has 0 aliphatic carbocycles. The van der Waals surface area contributed by atoms with Crippen molar-refractivity contribution in [1.29, 1.82) is 0 Å². The highest BCUT2D eigenvalue weighted by Crippen LogP contribution is 2.29. The van der Waals surface area contributed by atoms with Gasteiger partial charge in [-0.1, -0.05) is 6.07 Å². The maximum atomic E-state index is 12.1. The van der Waals surface area contributed by atoms with Crippen molar-refractivity contribution in [3.05, 3.63) is 45.1 Å². The van der Waals surface area contributed by atoms with Crippen LogP contribution in [0.2, 0.25) is 0 Å². The lowest BCUT2D eigenvalue weighted by atomic mass is 10.2. The summed E-state index contributed by atoms with van der Waals surface area (Å²) in [5.74, 6) is 0.670. The third kappa shape index (κ3) is 2.96. The van der Waals surface area contributed by atoms with Gasteiger partial charge in [-0.3, -0.25) is 0 Å². The summed E-state index contributed by atoms with van der Waals surface area (Å²) in [7, 11) is 1.56. The fraction of sp³-hybridized carbons (Fsp3) is 0.267. The largest absolute Gasteiger partial charge is 0.493 e. The smallest absolute Gasteiger partial charge is 0.353 e. The number of benzene rings is 1. The number of carbonyl (C=O) groups excluding carboxylic acids is 1. The zero-order valence-electron chi connectivity index (χ0n) is 11.4. The number of thiophene rings is 1. The molecule has 0 radical (unpaired) electrons. The maximum Gasteiger partial charge on any atom is 0.353 e. The molecule has 0 atom stereocenters. The second-order valence-corrected chi connectivity index (χ2v) is 5.65. The van der Waals surface area contributed by atoms with Crippen LogP contribution in [-0.4, -0.2) is 13.1 Å². The van der Waals surface area contributed by atoms with Crippen molar-refractivity contribution in [2.24, 2.45) is 0 Å². The molecule has 3 nitrogen and oxygen atoms in total. The van der Waals surface area contributed by atoms with Crippen LogP contribution in [0.15, 0.2) is 24.3 Å². The van der Waals surface area contributed by atoms with Crippen molar-refractivity contribution < 1.29 is 14.3 Å². The summed E-state index contributed by atoms with van der Waals surface area (Å²) in [5, 5.41) is 0. The second-order valence-electron chi connectivity index (χ2n) is 4.39. The maximum absolute atomic E-state index is 12.1. The predicted octanol–water partition coefficient (Wildman–Crippen LogP) is 3.90. The Labute approximate surface area is 116 Å². The van der Waals surface area contributed by atoms with Crippen molar-refractivity contribution in [1.82, 2.24) is 0 Å². The van der Waals surface area contributed by atoms with Gasteiger partial charge in [-0.15, -0.1) is 11.3 Å². The minimum absolute atomic E-state index is 0.344. The molecule has 0 amide bonds. The van der Waals surface area contributed by atoms with E-state index in [1.54, 1.807) is 13.2 Å². The second kappa shape index (κ2) is 5.45. The van der Waals surface area contributed by atoms with Gasteiger partial charge in [-0.05, 0) is 50.1 Å². The van der Waals surface area contributed by atoms with Crippen LogP contribution in [0.4, 0.5) is 0 Å². The van der Waals surface area contributed by atoms with E-state index in [0.717, 1.165) is 16.0 Å². The molecular weight excluding hydrogens is 260 g/mol. The van der Waals surface area contributed by atoms with Gasteiger partial charge in [0.15, 0.2) is 11.5 Å². The fourth-order valence-electron chi connectivity index (χ4n) is 1.68. The first-order valence-electron chi connectivity index (χ1n) is 5.95. The van der Waals surface area contributed by atoms with Crippen LogP contribution in [0.3, 0.4) is 0 Å². The summed E-state index contributed by atoms with van der Waals surface area (Å²) < 4.78 is 10.6. The Kier molecular flexibility index (Phi) is 3.90. The molecule has 4 heteroatoms. The lowest BCUT2D eigenvalue weighted by Crippen LogP contribution is -2.07. The first-order chi connectivity index (χ1) is 9.01. The van der Waals surface area contributed by atoms with Gasteiger partial charge >= 0.3 is 5.97 Å². The number of aryl methyl sites for hydroxylation is 3. The summed E-state index contributed by atoms with van der Waals surface area (Å²) in [6, 6.07) is 7.33. The first-order valence-corrected chi connectivity index (χ1v) is 6.76. The summed E-state index contributed by atoms with van der Waals surface area (Å²) in [5.41, 5.74) is 2.16. The van der Waals surface area contributed by atoms with Crippen LogP contribution in [0.25, 0.3) is 0 Å². The number of hydrogen-bond acceptors (Lipinski definition) is 4. The van der Waals surface area contributed by atoms with E-state index in [0.29, 0.717) is 16.4 Å². The standard InChI is InChI=1S/C15H16O3S/c1-9-5-6-12(13(7-9)17-4)18-15(16)14-8-10(2)11(3)19-14/h5-8H,1-4H3. The Balaban J connectivity index is 2.23. The van der Waals surface area contributed by atoms with E-state index in [1.807, 2.05) is 39.0 Å². The first kappa shape index (κ1) is 13.6. The average Bonchev–Trinajstić information content (AvgIpc) is 2.72. The molecule has 0 saturated heterocycles. The predicted molar refractivity (Wildman–Crippen MR) is 76.5 cm³/mol. The van der Waals surface area contributed by atoms with Gasteiger partial charge in [0.2, 0.25) is 0 Å². The van der Waals surface area contributed by atoms with Gasteiger partial charge in [-0.2, -0.15) is 0 Å². The van der Waals surface area contributed by atoms with Crippen molar-refractivity contribution in [2.75, 3.05) is 7.11 Å². The van der Waals surface area contributed by atoms with Gasteiger partial charge in [-0.25, -0.2) is 4.79 Å². The Hall–Kier alpha value is -1.81. The van der Waals surface area contributed by atoms with Gasteiger partial charge < -0.3 is 9.47 Å². The number of ether oxygens (including phenoxy) is 2. The molecule has 0 fully saturated rings. The van der Waals surface area contributed by atoms with E-state index in [2.05, 4.69) is 0 Å². The average molecular weight is 276 g/mol. The van der Waals surface area contributed by atoms with Crippen LogP contribution in [0, 0.1) is 20.8 Å². The normalized spacial score (nSPS) is 10.3. The molecule has 0 spiro atoms. The van der Waals surface area contributed by atoms with Crippen molar-refractivity contribution in [3.63, 3.8) is 0 Å². The third-order valence-corrected chi connectivity index (χ3v) is 4.02. The zero-order valence-corrected chi connectivity index (χ0v) is 12.3. The zero-order chi connectivity index (χ0) is 14.0. The minimum Gasteiger partial charge on any atom is -0.493 e. The Morgan fingerprint density at radius 3 is 2.42 bits per heavy atom. The molecule has 0 bridgehead atoms. The highest BCUT2D eigenvalue weighted by Gasteiger charge is 2.15. The van der Waals surface area contributed by atoms with E-state index in [9.17, 15) is 4.79 Å². The van der Waals surface area contributed by atoms with Gasteiger partial charge in [0.05, 0.1) is 7.11 Å². The molecule has 1 aromatic carbocycles. The Morgan fingerprint density at radius 2 is 1.84 bits per heavy atom. The SMILES string of the molecule is COc1cc(C)ccc1OC(=O)c1cc(C)c(C)s1. The van der Waals surface area contributed by atoms with E-state index >= 15 is 0 Å². The molecule has 0 saturated carbocycles. The lowest BCUT2D eigenvalue weighted by molar-refractivity contribution is 0.0734. The summed E-state index contributed by atoms with van der Waals surface area (Å²) in [6.07, 6.45) is 0. The number of carbonyl (C=O) groups is 1. The molecule has 0 aliphatic rings. The highest BCUT2D eigenvalue weighted by molar-refractivity contribution is 7.14. The van der Waals surface area contributed by atoms with Crippen LogP contribution >= 0.6 is 11.3 Å². The van der Waals surface area contributed by atoms with E-state index in [1.165, 1.54) is 11.3 Å². The molecular formula is C15H16O3S. The number of esters is 1. The molecule has 100 valence electrons. The van der Waals surface area contributed by atoms with Crippen LogP contribution in [0.1, 0.15) is 25.7 Å². The number of hydrogen-bond donors (Lipinski definition) is 0. The van der Waals surface area contributed by atoms with Gasteiger partial charge in [0.1, 0.15) is 4.88 Å². The molecule has 2 aromatic rings. The number of rotatable bonds is 3. The molecule has 19 heavy (non-hydrogen) atoms. The highest BCUT2D eigenvalue weighted by atomic mass is 32.1. The number of methoxy groups -OCH3 is 1. The fourth-order valence-corrected chi connectivity index (χ4v) is 2.59. The van der Waals surface area contributed by atoms with E-state index in [4.69, 9.17) is 9.47 Å². The molecule has 0 aliphatic heterocycles. The van der Waals surface area contributed by atoms with E-state index < -0.39 is 0 Å². The van der Waals surface area contributed by atoms with Crippen LogP contribution < -0.4 is 9.47 Å². The van der Waals surface area contributed by atoms with Gasteiger partial charge in [0, 0.05) is 4.88 Å². The minimum atomic E-state index is -0.344. The Morgan fingerprint density at radius 1 is 1.11 bits per heavy atom. The van der Waals surface area contributed by atoms with Crippen LogP contribution in [-0.2, 0) is 0 Å². The molecule has 0 N–H and O–H groups in total. The monoisotopic (exact) mass is 276 g/mol. The quantitative estimate of drug-likeness (QED) is 0.630. The van der Waals surface area contributed by atoms with Crippen LogP contribution in [0.5, 0.6) is 11.5 Å². The molecule has 2 rings (SSSR count). The Bertz CT molecular complexity index is 594. The van der Waals surface area contributed by atoms with E-state index in [-0.39, 0.29) is 5.97 Å². The lowest BCUT2D eigenvalue weighted by Gasteiger charge is -2.09. The molecule has 1 aromatic heterocycles. The summed E-state index contributed by atoms with van der Waals surface area (Å²) in [4.78, 5) is 13.8. The summed E-state index contributed by atoms with van der Waals surface area (Å²) >= 11 is 1.44. The van der Waals surface area contributed by atoms with Crippen molar-refractivity contribution >= 4 is 17.3 Å². The van der Waals surface area contributed by atoms with Gasteiger partial charge in [0.25, 0.3) is 0 Å².